The molecule has 0 aliphatic heterocycles. The van der Waals surface area contributed by atoms with Gasteiger partial charge in [0.25, 0.3) is 0 Å². The Kier molecular flexibility index (Phi) is 7.23. The number of aromatic nitrogens is 1. The van der Waals surface area contributed by atoms with Crippen LogP contribution in [0.1, 0.15) is 54.9 Å². The molecule has 1 heterocycles. The predicted octanol–water partition coefficient (Wildman–Crippen LogP) is 6.35. The van der Waals surface area contributed by atoms with Crippen molar-refractivity contribution in [2.24, 2.45) is 0 Å². The van der Waals surface area contributed by atoms with Gasteiger partial charge in [-0.2, -0.15) is 0 Å². The van der Waals surface area contributed by atoms with E-state index >= 15 is 0 Å². The van der Waals surface area contributed by atoms with Crippen LogP contribution in [0.2, 0.25) is 0 Å². The topological polar surface area (TPSA) is 48.4 Å². The van der Waals surface area contributed by atoms with Gasteiger partial charge in [-0.15, -0.1) is 0 Å². The Balaban J connectivity index is 1.88. The summed E-state index contributed by atoms with van der Waals surface area (Å²) in [6, 6.07) is 15.4. The van der Waals surface area contributed by atoms with Crippen LogP contribution in [0.25, 0.3) is 22.2 Å². The number of nitrogens with zero attached hydrogens (tertiary/aromatic N) is 1. The van der Waals surface area contributed by atoms with Gasteiger partial charge in [0.2, 0.25) is 0 Å². The highest BCUT2D eigenvalue weighted by atomic mass is 16.5. The summed E-state index contributed by atoms with van der Waals surface area (Å²) >= 11 is 0. The highest BCUT2D eigenvalue weighted by Crippen LogP contribution is 2.28. The van der Waals surface area contributed by atoms with Gasteiger partial charge in [0.05, 0.1) is 30.5 Å². The second-order valence-electron chi connectivity index (χ2n) is 7.30. The lowest BCUT2D eigenvalue weighted by Crippen LogP contribution is -2.08. The van der Waals surface area contributed by atoms with Crippen LogP contribution in [-0.4, -0.2) is 24.7 Å². The highest BCUT2D eigenvalue weighted by Gasteiger charge is 2.16. The van der Waals surface area contributed by atoms with Crippen LogP contribution in [0.15, 0.2) is 48.5 Å². The van der Waals surface area contributed by atoms with Crippen molar-refractivity contribution in [2.45, 2.75) is 46.0 Å². The second kappa shape index (κ2) is 10.1. The number of methoxy groups -OCH3 is 1. The average molecular weight is 392 g/mol. The lowest BCUT2D eigenvalue weighted by atomic mass is 10.0. The van der Waals surface area contributed by atoms with E-state index in [4.69, 9.17) is 14.5 Å². The molecule has 0 aliphatic carbocycles. The number of carbonyl (C=O) groups excluding carboxylic acids is 1. The number of pyridine rings is 1. The zero-order valence-corrected chi connectivity index (χ0v) is 17.5. The molecule has 0 spiro atoms. The van der Waals surface area contributed by atoms with E-state index in [9.17, 15) is 4.79 Å². The summed E-state index contributed by atoms with van der Waals surface area (Å²) in [6.45, 7) is 4.66. The first-order chi connectivity index (χ1) is 14.1. The van der Waals surface area contributed by atoms with Crippen molar-refractivity contribution >= 4 is 16.9 Å². The van der Waals surface area contributed by atoms with Crippen molar-refractivity contribution in [3.63, 3.8) is 0 Å². The minimum Gasteiger partial charge on any atom is -0.497 e. The summed E-state index contributed by atoms with van der Waals surface area (Å²) in [5, 5.41) is 0.832. The normalized spacial score (nSPS) is 10.9. The molecular weight excluding hydrogens is 362 g/mol. The second-order valence-corrected chi connectivity index (χ2v) is 7.30. The molecule has 0 saturated heterocycles. The monoisotopic (exact) mass is 391 g/mol. The molecule has 2 aromatic carbocycles. The Bertz CT molecular complexity index is 964. The van der Waals surface area contributed by atoms with Gasteiger partial charge in [-0.05, 0) is 49.2 Å². The first-order valence-electron chi connectivity index (χ1n) is 10.4. The molecule has 4 nitrogen and oxygen atoms in total. The van der Waals surface area contributed by atoms with Gasteiger partial charge in [0.1, 0.15) is 5.75 Å². The van der Waals surface area contributed by atoms with Crippen LogP contribution < -0.4 is 4.74 Å². The summed E-state index contributed by atoms with van der Waals surface area (Å²) in [5.41, 5.74) is 4.12. The van der Waals surface area contributed by atoms with E-state index in [-0.39, 0.29) is 5.97 Å². The number of para-hydroxylation sites is 1. The van der Waals surface area contributed by atoms with E-state index < -0.39 is 0 Å². The first kappa shape index (κ1) is 20.8. The molecule has 0 aliphatic rings. The number of esters is 1. The van der Waals surface area contributed by atoms with Crippen molar-refractivity contribution in [3.05, 3.63) is 59.7 Å². The third-order valence-corrected chi connectivity index (χ3v) is 5.13. The number of carbonyl (C=O) groups is 1. The Labute approximate surface area is 172 Å². The van der Waals surface area contributed by atoms with Gasteiger partial charge in [-0.25, -0.2) is 9.78 Å². The van der Waals surface area contributed by atoms with Gasteiger partial charge in [-0.3, -0.25) is 0 Å². The van der Waals surface area contributed by atoms with Gasteiger partial charge in [0, 0.05) is 10.9 Å². The smallest absolute Gasteiger partial charge is 0.338 e. The molecule has 0 saturated carbocycles. The zero-order valence-electron chi connectivity index (χ0n) is 17.5. The molecule has 0 N–H and O–H groups in total. The first-order valence-corrected chi connectivity index (χ1v) is 10.4. The van der Waals surface area contributed by atoms with Crippen LogP contribution >= 0.6 is 0 Å². The molecular formula is C25H29NO3. The molecule has 0 radical (unpaired) electrons. The van der Waals surface area contributed by atoms with Crippen molar-refractivity contribution in [1.82, 2.24) is 4.98 Å². The van der Waals surface area contributed by atoms with Crippen molar-refractivity contribution < 1.29 is 14.3 Å². The van der Waals surface area contributed by atoms with Crippen molar-refractivity contribution in [2.75, 3.05) is 13.7 Å². The van der Waals surface area contributed by atoms with Gasteiger partial charge in [0.15, 0.2) is 0 Å². The summed E-state index contributed by atoms with van der Waals surface area (Å²) < 4.78 is 10.8. The molecule has 4 heteroatoms. The van der Waals surface area contributed by atoms with Crippen LogP contribution in [-0.2, 0) is 4.74 Å². The fourth-order valence-electron chi connectivity index (χ4n) is 3.42. The summed E-state index contributed by atoms with van der Waals surface area (Å²) in [7, 11) is 1.64. The maximum Gasteiger partial charge on any atom is 0.338 e. The fraction of sp³-hybridized carbons (Fsp3) is 0.360. The molecule has 0 fully saturated rings. The van der Waals surface area contributed by atoms with E-state index in [1.807, 2.05) is 55.5 Å². The molecule has 1 aromatic heterocycles. The van der Waals surface area contributed by atoms with Gasteiger partial charge >= 0.3 is 5.97 Å². The number of unbranched alkanes of at least 4 members (excludes halogenated alkanes) is 4. The lowest BCUT2D eigenvalue weighted by molar-refractivity contribution is 0.0500. The minimum absolute atomic E-state index is 0.284. The Hall–Kier alpha value is -2.88. The SMILES string of the molecule is CCCCCCCOC(=O)c1cc(-c2ccc(OC)cc2)nc2c(C)cccc12. The van der Waals surface area contributed by atoms with Crippen LogP contribution in [0.3, 0.4) is 0 Å². The summed E-state index contributed by atoms with van der Waals surface area (Å²) in [6.07, 6.45) is 5.62. The van der Waals surface area contributed by atoms with E-state index in [2.05, 4.69) is 6.92 Å². The number of fused-ring (bicyclic) bond motifs is 1. The van der Waals surface area contributed by atoms with E-state index in [0.717, 1.165) is 46.3 Å². The Morgan fingerprint density at radius 3 is 2.48 bits per heavy atom. The molecule has 29 heavy (non-hydrogen) atoms. The molecule has 0 atom stereocenters. The van der Waals surface area contributed by atoms with E-state index in [1.165, 1.54) is 19.3 Å². The molecule has 152 valence electrons. The zero-order chi connectivity index (χ0) is 20.6. The number of benzene rings is 2. The third-order valence-electron chi connectivity index (χ3n) is 5.13. The van der Waals surface area contributed by atoms with Crippen LogP contribution in [0.4, 0.5) is 0 Å². The van der Waals surface area contributed by atoms with Crippen LogP contribution in [0, 0.1) is 6.92 Å². The predicted molar refractivity (Wildman–Crippen MR) is 118 cm³/mol. The quantitative estimate of drug-likeness (QED) is 0.315. The molecule has 0 bridgehead atoms. The lowest BCUT2D eigenvalue weighted by Gasteiger charge is -2.12. The molecule has 0 amide bonds. The highest BCUT2D eigenvalue weighted by molar-refractivity contribution is 6.05. The van der Waals surface area contributed by atoms with Crippen LogP contribution in [0.5, 0.6) is 5.75 Å². The maximum absolute atomic E-state index is 12.9. The van der Waals surface area contributed by atoms with Gasteiger partial charge < -0.3 is 9.47 Å². The van der Waals surface area contributed by atoms with E-state index in [0.29, 0.717) is 12.2 Å². The molecule has 0 unspecified atom stereocenters. The van der Waals surface area contributed by atoms with E-state index in [1.54, 1.807) is 7.11 Å². The molecule has 3 aromatic rings. The largest absolute Gasteiger partial charge is 0.497 e. The third kappa shape index (κ3) is 5.14. The Morgan fingerprint density at radius 1 is 1.00 bits per heavy atom. The number of hydrogen-bond donors (Lipinski definition) is 0. The summed E-state index contributed by atoms with van der Waals surface area (Å²) in [4.78, 5) is 17.7. The van der Waals surface area contributed by atoms with Crippen molar-refractivity contribution in [1.29, 1.82) is 0 Å². The average Bonchev–Trinajstić information content (AvgIpc) is 2.76. The van der Waals surface area contributed by atoms with Crippen molar-refractivity contribution in [3.8, 4) is 17.0 Å². The minimum atomic E-state index is -0.284. The maximum atomic E-state index is 12.9. The Morgan fingerprint density at radius 2 is 1.76 bits per heavy atom. The fourth-order valence-corrected chi connectivity index (χ4v) is 3.42. The number of rotatable bonds is 9. The molecule has 3 rings (SSSR count). The number of hydrogen-bond acceptors (Lipinski definition) is 4. The van der Waals surface area contributed by atoms with Gasteiger partial charge in [-0.1, -0.05) is 50.8 Å². The number of aryl methyl sites for hydroxylation is 1. The number of ether oxygens (including phenoxy) is 2. The standard InChI is InChI=1S/C25H29NO3/c1-4-5-6-7-8-16-29-25(27)22-17-23(19-12-14-20(28-3)15-13-19)26-24-18(2)10-9-11-21(22)24/h9-15,17H,4-8,16H2,1-3H3. The summed E-state index contributed by atoms with van der Waals surface area (Å²) in [5.74, 6) is 0.502.